The molecule has 3 unspecified atom stereocenters. The van der Waals surface area contributed by atoms with Crippen molar-refractivity contribution in [1.29, 1.82) is 0 Å². The van der Waals surface area contributed by atoms with E-state index in [9.17, 15) is 19.8 Å². The number of unbranched alkanes of at least 4 members (excludes halogenated alkanes) is 25. The van der Waals surface area contributed by atoms with Crippen LogP contribution in [0.25, 0.3) is 0 Å². The fraction of sp³-hybridized carbons (Fsp3) is 0.808. The van der Waals surface area contributed by atoms with Gasteiger partial charge in [-0.25, -0.2) is 0 Å². The van der Waals surface area contributed by atoms with Gasteiger partial charge >= 0.3 is 5.97 Å². The Labute approximate surface area is 359 Å². The molecule has 0 radical (unpaired) electrons. The van der Waals surface area contributed by atoms with E-state index in [4.69, 9.17) is 4.74 Å². The predicted molar refractivity (Wildman–Crippen MR) is 250 cm³/mol. The summed E-state index contributed by atoms with van der Waals surface area (Å²) >= 11 is 0. The third-order valence-corrected chi connectivity index (χ3v) is 11.2. The summed E-state index contributed by atoms with van der Waals surface area (Å²) in [6.45, 7) is 6.35. The lowest BCUT2D eigenvalue weighted by Crippen LogP contribution is -2.46. The van der Waals surface area contributed by atoms with Crippen molar-refractivity contribution in [3.63, 3.8) is 0 Å². The Morgan fingerprint density at radius 3 is 1.53 bits per heavy atom. The highest BCUT2D eigenvalue weighted by Crippen LogP contribution is 2.17. The number of aliphatic hydroxyl groups excluding tert-OH is 2. The maximum absolute atomic E-state index is 13.2. The van der Waals surface area contributed by atoms with E-state index in [1.54, 1.807) is 0 Å². The van der Waals surface area contributed by atoms with Crippen molar-refractivity contribution in [2.75, 3.05) is 6.61 Å². The van der Waals surface area contributed by atoms with Gasteiger partial charge in [0, 0.05) is 6.42 Å². The van der Waals surface area contributed by atoms with Gasteiger partial charge in [0.1, 0.15) is 6.10 Å². The minimum atomic E-state index is -0.799. The van der Waals surface area contributed by atoms with E-state index in [1.165, 1.54) is 122 Å². The van der Waals surface area contributed by atoms with E-state index < -0.39 is 18.2 Å². The Morgan fingerprint density at radius 1 is 0.534 bits per heavy atom. The first kappa shape index (κ1) is 55.8. The molecule has 58 heavy (non-hydrogen) atoms. The van der Waals surface area contributed by atoms with Crippen molar-refractivity contribution >= 4 is 11.9 Å². The molecule has 0 aromatic carbocycles. The standard InChI is InChI=1S/C52H95NO5/c1-4-7-10-13-16-19-22-24-26-29-31-34-37-40-43-48(58-52(57)45-42-39-36-33-30-27-25-23-20-17-14-11-8-5-2)46-51(56)53-49(47-54)50(55)44-41-38-35-32-28-21-18-15-12-9-6-3/h8,11,17,20,26,29,31,34,48-50,54-55H,4-7,9-10,12-16,18-19,21-25,27-28,30,32-33,35-47H2,1-3H3,(H,53,56)/b11-8+,20-17+,29-26+,34-31+. The average molecular weight is 814 g/mol. The number of aliphatic hydroxyl groups is 2. The van der Waals surface area contributed by atoms with Gasteiger partial charge in [0.05, 0.1) is 25.2 Å². The Balaban J connectivity index is 4.66. The van der Waals surface area contributed by atoms with Crippen LogP contribution < -0.4 is 5.32 Å². The van der Waals surface area contributed by atoms with Crippen LogP contribution in [-0.4, -0.2) is 46.9 Å². The van der Waals surface area contributed by atoms with Crippen molar-refractivity contribution in [3.8, 4) is 0 Å². The van der Waals surface area contributed by atoms with E-state index in [0.29, 0.717) is 19.3 Å². The zero-order valence-electron chi connectivity index (χ0n) is 38.4. The molecule has 0 aliphatic heterocycles. The van der Waals surface area contributed by atoms with Gasteiger partial charge in [-0.3, -0.25) is 9.59 Å². The van der Waals surface area contributed by atoms with Crippen LogP contribution in [0.4, 0.5) is 0 Å². The van der Waals surface area contributed by atoms with Crippen molar-refractivity contribution in [2.24, 2.45) is 0 Å². The molecule has 0 fully saturated rings. The molecule has 0 bridgehead atoms. The quantitative estimate of drug-likeness (QED) is 0.0246. The third kappa shape index (κ3) is 40.6. The fourth-order valence-electron chi connectivity index (χ4n) is 7.41. The highest BCUT2D eigenvalue weighted by atomic mass is 16.5. The smallest absolute Gasteiger partial charge is 0.306 e. The molecule has 0 aliphatic carbocycles. The van der Waals surface area contributed by atoms with Crippen molar-refractivity contribution < 1.29 is 24.5 Å². The molecule has 0 aromatic heterocycles. The molecule has 0 aliphatic rings. The monoisotopic (exact) mass is 814 g/mol. The summed E-state index contributed by atoms with van der Waals surface area (Å²) in [6, 6.07) is -0.716. The van der Waals surface area contributed by atoms with Gasteiger partial charge < -0.3 is 20.3 Å². The first-order chi connectivity index (χ1) is 28.5. The van der Waals surface area contributed by atoms with Crippen LogP contribution in [0, 0.1) is 0 Å². The molecule has 0 saturated heterocycles. The minimum Gasteiger partial charge on any atom is -0.462 e. The summed E-state index contributed by atoms with van der Waals surface area (Å²) in [5, 5.41) is 23.7. The van der Waals surface area contributed by atoms with Crippen LogP contribution in [0.1, 0.15) is 245 Å². The van der Waals surface area contributed by atoms with E-state index in [2.05, 4.69) is 74.7 Å². The summed E-state index contributed by atoms with van der Waals surface area (Å²) in [5.74, 6) is -0.528. The number of carbonyl (C=O) groups is 2. The number of esters is 1. The van der Waals surface area contributed by atoms with Crippen LogP contribution in [0.2, 0.25) is 0 Å². The minimum absolute atomic E-state index is 0.0418. The van der Waals surface area contributed by atoms with Gasteiger partial charge in [0.2, 0.25) is 5.91 Å². The molecule has 0 aromatic rings. The second-order valence-corrected chi connectivity index (χ2v) is 16.9. The highest BCUT2D eigenvalue weighted by molar-refractivity contribution is 5.77. The summed E-state index contributed by atoms with van der Waals surface area (Å²) < 4.78 is 5.89. The number of rotatable bonds is 44. The third-order valence-electron chi connectivity index (χ3n) is 11.2. The maximum Gasteiger partial charge on any atom is 0.306 e. The number of hydrogen-bond acceptors (Lipinski definition) is 5. The molecular formula is C52H95NO5. The molecule has 6 heteroatoms. The van der Waals surface area contributed by atoms with Gasteiger partial charge in [-0.1, -0.05) is 211 Å². The SMILES string of the molecule is CC/C=C/C/C=C/CCCCCCCCCC(=O)OC(CCC/C=C/C=C/CCCCCCCCC)CC(=O)NC(CO)C(O)CCCCCCCCCCCCC. The maximum atomic E-state index is 13.2. The van der Waals surface area contributed by atoms with E-state index in [-0.39, 0.29) is 24.9 Å². The number of ether oxygens (including phenoxy) is 1. The molecule has 0 saturated carbocycles. The van der Waals surface area contributed by atoms with Gasteiger partial charge in [0.15, 0.2) is 0 Å². The van der Waals surface area contributed by atoms with Crippen LogP contribution in [0.5, 0.6) is 0 Å². The van der Waals surface area contributed by atoms with Gasteiger partial charge in [-0.05, 0) is 70.6 Å². The van der Waals surface area contributed by atoms with Crippen molar-refractivity contribution in [2.45, 2.75) is 264 Å². The second kappa shape index (κ2) is 45.9. The summed E-state index contributed by atoms with van der Waals surface area (Å²) in [4.78, 5) is 26.1. The highest BCUT2D eigenvalue weighted by Gasteiger charge is 2.24. The Bertz CT molecular complexity index is 1000. The Hall–Kier alpha value is -2.18. The normalized spacial score (nSPS) is 13.7. The number of nitrogens with one attached hydrogen (secondary N) is 1. The van der Waals surface area contributed by atoms with Crippen LogP contribution in [0.3, 0.4) is 0 Å². The lowest BCUT2D eigenvalue weighted by Gasteiger charge is -2.24. The predicted octanol–water partition coefficient (Wildman–Crippen LogP) is 14.7. The van der Waals surface area contributed by atoms with E-state index in [0.717, 1.165) is 77.0 Å². The molecule has 1 amide bonds. The van der Waals surface area contributed by atoms with E-state index in [1.807, 2.05) is 0 Å². The van der Waals surface area contributed by atoms with Crippen LogP contribution in [-0.2, 0) is 14.3 Å². The van der Waals surface area contributed by atoms with Crippen molar-refractivity contribution in [3.05, 3.63) is 48.6 Å². The Morgan fingerprint density at radius 2 is 1.00 bits per heavy atom. The molecule has 0 spiro atoms. The number of amides is 1. The largest absolute Gasteiger partial charge is 0.462 e. The molecule has 0 heterocycles. The molecular weight excluding hydrogens is 719 g/mol. The first-order valence-electron chi connectivity index (χ1n) is 24.9. The zero-order chi connectivity index (χ0) is 42.4. The molecule has 0 rings (SSSR count). The second-order valence-electron chi connectivity index (χ2n) is 16.9. The average Bonchev–Trinajstić information content (AvgIpc) is 3.22. The molecule has 6 nitrogen and oxygen atoms in total. The molecule has 338 valence electrons. The van der Waals surface area contributed by atoms with Gasteiger partial charge in [-0.15, -0.1) is 0 Å². The number of carbonyl (C=O) groups excluding carboxylic acids is 2. The fourth-order valence-corrected chi connectivity index (χ4v) is 7.41. The van der Waals surface area contributed by atoms with E-state index >= 15 is 0 Å². The first-order valence-corrected chi connectivity index (χ1v) is 24.9. The lowest BCUT2D eigenvalue weighted by molar-refractivity contribution is -0.151. The van der Waals surface area contributed by atoms with Gasteiger partial charge in [-0.2, -0.15) is 0 Å². The Kier molecular flexibility index (Phi) is 44.2. The topological polar surface area (TPSA) is 95.9 Å². The van der Waals surface area contributed by atoms with Crippen LogP contribution >= 0.6 is 0 Å². The summed E-state index contributed by atoms with van der Waals surface area (Å²) in [7, 11) is 0. The van der Waals surface area contributed by atoms with Crippen LogP contribution in [0.15, 0.2) is 48.6 Å². The molecule has 3 atom stereocenters. The summed E-state index contributed by atoms with van der Waals surface area (Å²) in [6.07, 6.45) is 54.6. The lowest BCUT2D eigenvalue weighted by atomic mass is 10.0. The summed E-state index contributed by atoms with van der Waals surface area (Å²) in [5.41, 5.74) is 0. The zero-order valence-corrected chi connectivity index (χ0v) is 38.4. The van der Waals surface area contributed by atoms with Gasteiger partial charge in [0.25, 0.3) is 0 Å². The molecule has 3 N–H and O–H groups in total. The number of allylic oxidation sites excluding steroid dienone is 8. The van der Waals surface area contributed by atoms with Crippen molar-refractivity contribution in [1.82, 2.24) is 5.32 Å². The number of hydrogen-bond donors (Lipinski definition) is 3.